The van der Waals surface area contributed by atoms with E-state index < -0.39 is 28.5 Å². The summed E-state index contributed by atoms with van der Waals surface area (Å²) in [5, 5.41) is 3.59. The average molecular weight is 679 g/mol. The Morgan fingerprint density at radius 3 is 2.13 bits per heavy atom. The molecule has 46 heavy (non-hydrogen) atoms. The van der Waals surface area contributed by atoms with Crippen LogP contribution in [-0.2, 0) is 32.6 Å². The Hall–Kier alpha value is -3.85. The SMILES string of the molecule is Cc1cccc(CN(C(=O)CN(c2ccc(Cl)c(Cl)c2)S(=O)(=O)c2ccccc2)C(Cc2ccccc2)C(=O)NC2CCCC2)c1. The van der Waals surface area contributed by atoms with E-state index in [2.05, 4.69) is 5.32 Å². The molecule has 0 saturated heterocycles. The largest absolute Gasteiger partial charge is 0.352 e. The van der Waals surface area contributed by atoms with Gasteiger partial charge in [-0.05, 0) is 61.2 Å². The molecule has 7 nitrogen and oxygen atoms in total. The van der Waals surface area contributed by atoms with Crippen molar-refractivity contribution in [2.24, 2.45) is 0 Å². The van der Waals surface area contributed by atoms with Gasteiger partial charge in [-0.2, -0.15) is 0 Å². The molecule has 0 heterocycles. The highest BCUT2D eigenvalue weighted by Crippen LogP contribution is 2.31. The van der Waals surface area contributed by atoms with Crippen molar-refractivity contribution in [3.05, 3.63) is 130 Å². The molecule has 1 saturated carbocycles. The maximum Gasteiger partial charge on any atom is 0.264 e. The van der Waals surface area contributed by atoms with Crippen molar-refractivity contribution in [1.82, 2.24) is 10.2 Å². The minimum Gasteiger partial charge on any atom is -0.352 e. The second kappa shape index (κ2) is 15.2. The number of hydrogen-bond donors (Lipinski definition) is 1. The van der Waals surface area contributed by atoms with Gasteiger partial charge in [-0.15, -0.1) is 0 Å². The molecule has 240 valence electrons. The van der Waals surface area contributed by atoms with E-state index in [1.807, 2.05) is 61.5 Å². The van der Waals surface area contributed by atoms with Gasteiger partial charge in [0.15, 0.2) is 0 Å². The van der Waals surface area contributed by atoms with Crippen LogP contribution >= 0.6 is 23.2 Å². The lowest BCUT2D eigenvalue weighted by molar-refractivity contribution is -0.140. The van der Waals surface area contributed by atoms with Crippen molar-refractivity contribution in [3.63, 3.8) is 0 Å². The van der Waals surface area contributed by atoms with Gasteiger partial charge < -0.3 is 10.2 Å². The van der Waals surface area contributed by atoms with Gasteiger partial charge in [0, 0.05) is 19.0 Å². The van der Waals surface area contributed by atoms with E-state index in [1.165, 1.54) is 35.2 Å². The highest BCUT2D eigenvalue weighted by atomic mass is 35.5. The number of sulfonamides is 1. The number of carbonyl (C=O) groups excluding carboxylic acids is 2. The van der Waals surface area contributed by atoms with E-state index in [9.17, 15) is 18.0 Å². The predicted octanol–water partition coefficient (Wildman–Crippen LogP) is 7.20. The standard InChI is InChI=1S/C36H37Cl2N3O4S/c1-26-11-10-14-28(21-26)24-40(34(22-27-12-4-2-5-13-27)36(43)39-29-15-8-9-16-29)35(42)25-41(30-19-20-32(37)33(38)23-30)46(44,45)31-17-6-3-7-18-31/h2-7,10-14,17-21,23,29,34H,8-9,15-16,22,24-25H2,1H3,(H,39,43). The number of amides is 2. The van der Waals surface area contributed by atoms with Crippen LogP contribution in [0.5, 0.6) is 0 Å². The number of carbonyl (C=O) groups is 2. The maximum atomic E-state index is 14.6. The fourth-order valence-corrected chi connectivity index (χ4v) is 7.54. The minimum atomic E-state index is -4.23. The molecule has 1 fully saturated rings. The fourth-order valence-electron chi connectivity index (χ4n) is 5.82. The first kappa shape index (κ1) is 33.5. The van der Waals surface area contributed by atoms with Gasteiger partial charge in [-0.3, -0.25) is 13.9 Å². The van der Waals surface area contributed by atoms with E-state index in [4.69, 9.17) is 23.2 Å². The molecule has 0 radical (unpaired) electrons. The molecule has 2 amide bonds. The third-order valence-electron chi connectivity index (χ3n) is 8.21. The molecule has 0 aliphatic heterocycles. The Morgan fingerprint density at radius 1 is 0.826 bits per heavy atom. The van der Waals surface area contributed by atoms with Gasteiger partial charge in [0.1, 0.15) is 12.6 Å². The number of nitrogens with one attached hydrogen (secondary N) is 1. The lowest BCUT2D eigenvalue weighted by atomic mass is 10.0. The summed E-state index contributed by atoms with van der Waals surface area (Å²) in [6.45, 7) is 1.50. The molecule has 1 unspecified atom stereocenters. The summed E-state index contributed by atoms with van der Waals surface area (Å²) in [5.74, 6) is -0.793. The normalized spacial score (nSPS) is 14.1. The first-order chi connectivity index (χ1) is 22.1. The molecule has 0 aromatic heterocycles. The van der Waals surface area contributed by atoms with E-state index in [0.29, 0.717) is 0 Å². The molecule has 4 aromatic carbocycles. The van der Waals surface area contributed by atoms with Gasteiger partial charge in [0.05, 0.1) is 20.6 Å². The molecule has 4 aromatic rings. The number of anilines is 1. The van der Waals surface area contributed by atoms with Crippen LogP contribution in [0.1, 0.15) is 42.4 Å². The maximum absolute atomic E-state index is 14.6. The summed E-state index contributed by atoms with van der Waals surface area (Å²) in [5.41, 5.74) is 2.89. The quantitative estimate of drug-likeness (QED) is 0.172. The molecule has 5 rings (SSSR count). The number of nitrogens with zero attached hydrogens (tertiary/aromatic N) is 2. The number of halogens is 2. The molecule has 0 spiro atoms. The Balaban J connectivity index is 1.57. The van der Waals surface area contributed by atoms with Crippen molar-refractivity contribution in [2.75, 3.05) is 10.8 Å². The second-order valence-electron chi connectivity index (χ2n) is 11.6. The zero-order valence-corrected chi connectivity index (χ0v) is 27.9. The Morgan fingerprint density at radius 2 is 1.48 bits per heavy atom. The van der Waals surface area contributed by atoms with Gasteiger partial charge in [0.2, 0.25) is 11.8 Å². The Kier molecular flexibility index (Phi) is 11.0. The highest BCUT2D eigenvalue weighted by Gasteiger charge is 2.35. The van der Waals surface area contributed by atoms with Crippen LogP contribution in [-0.4, -0.2) is 43.8 Å². The van der Waals surface area contributed by atoms with Crippen LogP contribution in [0.4, 0.5) is 5.69 Å². The second-order valence-corrected chi connectivity index (χ2v) is 14.3. The zero-order valence-electron chi connectivity index (χ0n) is 25.6. The molecule has 1 aliphatic carbocycles. The van der Waals surface area contributed by atoms with Crippen molar-refractivity contribution in [3.8, 4) is 0 Å². The highest BCUT2D eigenvalue weighted by molar-refractivity contribution is 7.92. The minimum absolute atomic E-state index is 0.0129. The lowest BCUT2D eigenvalue weighted by Crippen LogP contribution is -2.54. The number of rotatable bonds is 12. The molecule has 1 aliphatic rings. The van der Waals surface area contributed by atoms with Gasteiger partial charge in [0.25, 0.3) is 10.0 Å². The van der Waals surface area contributed by atoms with Crippen LogP contribution in [0, 0.1) is 6.92 Å². The number of benzene rings is 4. The molecular formula is C36H37Cl2N3O4S. The molecule has 1 N–H and O–H groups in total. The van der Waals surface area contributed by atoms with Crippen LogP contribution in [0.15, 0.2) is 108 Å². The van der Waals surface area contributed by atoms with Crippen molar-refractivity contribution in [2.45, 2.75) is 62.6 Å². The lowest BCUT2D eigenvalue weighted by Gasteiger charge is -2.34. The Labute approximate surface area is 281 Å². The number of aryl methyl sites for hydroxylation is 1. The van der Waals surface area contributed by atoms with Crippen molar-refractivity contribution in [1.29, 1.82) is 0 Å². The first-order valence-corrected chi connectivity index (χ1v) is 17.5. The van der Waals surface area contributed by atoms with Gasteiger partial charge in [-0.1, -0.05) is 114 Å². The molecule has 0 bridgehead atoms. The topological polar surface area (TPSA) is 86.8 Å². The van der Waals surface area contributed by atoms with Crippen LogP contribution in [0.2, 0.25) is 10.0 Å². The zero-order chi connectivity index (χ0) is 32.7. The fraction of sp³-hybridized carbons (Fsp3) is 0.278. The van der Waals surface area contributed by atoms with Gasteiger partial charge >= 0.3 is 0 Å². The average Bonchev–Trinajstić information content (AvgIpc) is 3.56. The summed E-state index contributed by atoms with van der Waals surface area (Å²) < 4.78 is 29.3. The van der Waals surface area contributed by atoms with Crippen LogP contribution in [0.3, 0.4) is 0 Å². The van der Waals surface area contributed by atoms with Crippen molar-refractivity contribution >= 4 is 50.7 Å². The van der Waals surface area contributed by atoms with Gasteiger partial charge in [-0.25, -0.2) is 8.42 Å². The predicted molar refractivity (Wildman–Crippen MR) is 183 cm³/mol. The summed E-state index contributed by atoms with van der Waals surface area (Å²) in [6.07, 6.45) is 4.10. The third kappa shape index (κ3) is 8.29. The van der Waals surface area contributed by atoms with Crippen LogP contribution in [0.25, 0.3) is 0 Å². The van der Waals surface area contributed by atoms with E-state index >= 15 is 0 Å². The molecular weight excluding hydrogens is 641 g/mol. The van der Waals surface area contributed by atoms with Crippen molar-refractivity contribution < 1.29 is 18.0 Å². The van der Waals surface area contributed by atoms with E-state index in [1.54, 1.807) is 18.2 Å². The smallest absolute Gasteiger partial charge is 0.264 e. The monoisotopic (exact) mass is 677 g/mol. The van der Waals surface area contributed by atoms with E-state index in [-0.39, 0.29) is 45.5 Å². The van der Waals surface area contributed by atoms with E-state index in [0.717, 1.165) is 46.7 Å². The Bertz CT molecular complexity index is 1760. The summed E-state index contributed by atoms with van der Waals surface area (Å²) in [4.78, 5) is 30.2. The first-order valence-electron chi connectivity index (χ1n) is 15.3. The van der Waals surface area contributed by atoms with Crippen LogP contribution < -0.4 is 9.62 Å². The number of hydrogen-bond acceptors (Lipinski definition) is 4. The molecule has 1 atom stereocenters. The third-order valence-corrected chi connectivity index (χ3v) is 10.7. The summed E-state index contributed by atoms with van der Waals surface area (Å²) in [7, 11) is -4.23. The molecule has 10 heteroatoms. The summed E-state index contributed by atoms with van der Waals surface area (Å²) >= 11 is 12.5. The summed E-state index contributed by atoms with van der Waals surface area (Å²) in [6, 6.07) is 28.7.